The normalized spacial score (nSPS) is 26.8. The molecule has 7 heteroatoms. The van der Waals surface area contributed by atoms with Crippen LogP contribution in [0.5, 0.6) is 0 Å². The van der Waals surface area contributed by atoms with Gasteiger partial charge in [0, 0.05) is 19.1 Å². The Bertz CT molecular complexity index is 740. The van der Waals surface area contributed by atoms with Crippen LogP contribution in [0.2, 0.25) is 0 Å². The van der Waals surface area contributed by atoms with Crippen molar-refractivity contribution in [2.75, 3.05) is 19.7 Å². The molecular formula is C23H34FN3O3. The van der Waals surface area contributed by atoms with Gasteiger partial charge < -0.3 is 9.64 Å². The smallest absolute Gasteiger partial charge is 0.314 e. The van der Waals surface area contributed by atoms with Crippen LogP contribution in [0.4, 0.5) is 4.39 Å². The lowest BCUT2D eigenvalue weighted by Crippen LogP contribution is -2.55. The second kappa shape index (κ2) is 9.88. The maximum Gasteiger partial charge on any atom is 0.314 e. The summed E-state index contributed by atoms with van der Waals surface area (Å²) in [7, 11) is 0. The van der Waals surface area contributed by atoms with Crippen LogP contribution in [0.1, 0.15) is 52.0 Å². The first-order valence-corrected chi connectivity index (χ1v) is 11.0. The summed E-state index contributed by atoms with van der Waals surface area (Å²) in [6.45, 7) is 7.39. The van der Waals surface area contributed by atoms with Crippen LogP contribution in [0, 0.1) is 17.2 Å². The lowest BCUT2D eigenvalue weighted by Gasteiger charge is -2.41. The fourth-order valence-electron chi connectivity index (χ4n) is 4.71. The van der Waals surface area contributed by atoms with Crippen LogP contribution in [0.3, 0.4) is 0 Å². The van der Waals surface area contributed by atoms with Gasteiger partial charge in [0.25, 0.3) is 0 Å². The Balaban J connectivity index is 1.73. The maximum atomic E-state index is 13.3. The van der Waals surface area contributed by atoms with Crippen LogP contribution >= 0.6 is 0 Å². The number of amides is 1. The number of rotatable bonds is 7. The predicted molar refractivity (Wildman–Crippen MR) is 113 cm³/mol. The molecule has 2 N–H and O–H groups in total. The number of piperidine rings is 1. The number of carbonyl (C=O) groups excluding carboxylic acids is 2. The third-order valence-electron chi connectivity index (χ3n) is 6.09. The summed E-state index contributed by atoms with van der Waals surface area (Å²) < 4.78 is 18.7. The van der Waals surface area contributed by atoms with Crippen molar-refractivity contribution in [2.24, 2.45) is 11.3 Å². The molecule has 3 atom stereocenters. The predicted octanol–water partition coefficient (Wildman–Crippen LogP) is 2.82. The fraction of sp³-hybridized carbons (Fsp3) is 0.652. The average Bonchev–Trinajstić information content (AvgIpc) is 3.17. The van der Waals surface area contributed by atoms with E-state index in [-0.39, 0.29) is 29.8 Å². The monoisotopic (exact) mass is 419 g/mol. The molecular weight excluding hydrogens is 385 g/mol. The maximum absolute atomic E-state index is 13.3. The highest BCUT2D eigenvalue weighted by atomic mass is 19.1. The van der Waals surface area contributed by atoms with E-state index >= 15 is 0 Å². The molecule has 1 aromatic rings. The van der Waals surface area contributed by atoms with Gasteiger partial charge in [-0.2, -0.15) is 0 Å². The number of carbonyl (C=O) groups is 2. The molecule has 2 fully saturated rings. The zero-order chi connectivity index (χ0) is 21.7. The van der Waals surface area contributed by atoms with Crippen LogP contribution in [-0.2, 0) is 20.7 Å². The number of ether oxygens (including phenoxy) is 1. The summed E-state index contributed by atoms with van der Waals surface area (Å²) in [5.41, 5.74) is 6.46. The summed E-state index contributed by atoms with van der Waals surface area (Å²) in [6.07, 6.45) is 3.58. The topological polar surface area (TPSA) is 70.7 Å². The van der Waals surface area contributed by atoms with Crippen LogP contribution < -0.4 is 10.9 Å². The number of benzene rings is 1. The Labute approximate surface area is 178 Å². The summed E-state index contributed by atoms with van der Waals surface area (Å²) in [4.78, 5) is 28.0. The van der Waals surface area contributed by atoms with Crippen molar-refractivity contribution in [3.8, 4) is 0 Å². The number of halogens is 1. The third kappa shape index (κ3) is 5.38. The Hall–Kier alpha value is -1.99. The van der Waals surface area contributed by atoms with Gasteiger partial charge in [-0.05, 0) is 62.6 Å². The number of nitrogens with one attached hydrogen (secondary N) is 2. The minimum atomic E-state index is -0.800. The number of likely N-dealkylation sites (tertiary alicyclic amines) is 1. The lowest BCUT2D eigenvalue weighted by atomic mass is 9.75. The Morgan fingerprint density at radius 3 is 2.67 bits per heavy atom. The second-order valence-corrected chi connectivity index (χ2v) is 9.07. The summed E-state index contributed by atoms with van der Waals surface area (Å²) in [6, 6.07) is 6.22. The van der Waals surface area contributed by atoms with Crippen LogP contribution in [-0.4, -0.2) is 48.6 Å². The summed E-state index contributed by atoms with van der Waals surface area (Å²) in [5, 5.41) is 0. The van der Waals surface area contributed by atoms with E-state index in [2.05, 4.69) is 24.7 Å². The largest absolute Gasteiger partial charge is 0.466 e. The van der Waals surface area contributed by atoms with Crippen molar-refractivity contribution >= 4 is 11.9 Å². The first-order valence-electron chi connectivity index (χ1n) is 11.0. The molecule has 1 aromatic carbocycles. The van der Waals surface area contributed by atoms with E-state index in [1.54, 1.807) is 24.0 Å². The first kappa shape index (κ1) is 22.7. The van der Waals surface area contributed by atoms with Crippen molar-refractivity contribution in [3.05, 3.63) is 35.6 Å². The van der Waals surface area contributed by atoms with Gasteiger partial charge in [-0.1, -0.05) is 26.0 Å². The van der Waals surface area contributed by atoms with Gasteiger partial charge >= 0.3 is 5.97 Å². The van der Waals surface area contributed by atoms with Gasteiger partial charge in [0.15, 0.2) is 0 Å². The van der Waals surface area contributed by atoms with Crippen molar-refractivity contribution in [1.82, 2.24) is 15.8 Å². The summed E-state index contributed by atoms with van der Waals surface area (Å²) >= 11 is 0. The molecule has 0 spiro atoms. The molecule has 2 saturated heterocycles. The molecule has 0 aromatic heterocycles. The third-order valence-corrected chi connectivity index (χ3v) is 6.09. The minimum Gasteiger partial charge on any atom is -0.466 e. The SMILES string of the molecule is CCOC(=O)C1(Cc2ccc(F)cc2)CCCN(C(=O)C2CC(CC(C)C)NN2)C1. The Morgan fingerprint density at radius 1 is 1.27 bits per heavy atom. The number of esters is 1. The molecule has 0 saturated carbocycles. The molecule has 2 aliphatic heterocycles. The average molecular weight is 420 g/mol. The highest BCUT2D eigenvalue weighted by molar-refractivity contribution is 5.84. The number of hydrogen-bond acceptors (Lipinski definition) is 5. The lowest BCUT2D eigenvalue weighted by molar-refractivity contribution is -0.161. The van der Waals surface area contributed by atoms with Crippen LogP contribution in [0.25, 0.3) is 0 Å². The molecule has 0 radical (unpaired) electrons. The van der Waals surface area contributed by atoms with Crippen molar-refractivity contribution in [3.63, 3.8) is 0 Å². The van der Waals surface area contributed by atoms with Gasteiger partial charge in [0.2, 0.25) is 5.91 Å². The van der Waals surface area contributed by atoms with E-state index in [9.17, 15) is 14.0 Å². The number of nitrogens with zero attached hydrogens (tertiary/aromatic N) is 1. The number of hydrazine groups is 1. The fourth-order valence-corrected chi connectivity index (χ4v) is 4.71. The van der Waals surface area contributed by atoms with Gasteiger partial charge in [-0.15, -0.1) is 0 Å². The van der Waals surface area contributed by atoms with Crippen molar-refractivity contribution in [1.29, 1.82) is 0 Å². The van der Waals surface area contributed by atoms with Gasteiger partial charge in [-0.25, -0.2) is 9.82 Å². The molecule has 0 aliphatic carbocycles. The molecule has 2 heterocycles. The molecule has 3 rings (SSSR count). The van der Waals surface area contributed by atoms with E-state index in [0.717, 1.165) is 24.8 Å². The first-order chi connectivity index (χ1) is 14.3. The molecule has 3 unspecified atom stereocenters. The van der Waals surface area contributed by atoms with E-state index in [1.165, 1.54) is 12.1 Å². The Kier molecular flexibility index (Phi) is 7.47. The standard InChI is InChI=1S/C23H34FN3O3/c1-4-30-22(29)23(14-17-6-8-18(24)9-7-17)10-5-11-27(15-23)21(28)20-13-19(25-26-20)12-16(2)3/h6-9,16,19-20,25-26H,4-5,10-15H2,1-3H3. The van der Waals surface area contributed by atoms with Gasteiger partial charge in [0.1, 0.15) is 11.9 Å². The quantitative estimate of drug-likeness (QED) is 0.665. The zero-order valence-electron chi connectivity index (χ0n) is 18.2. The highest BCUT2D eigenvalue weighted by Gasteiger charge is 2.46. The van der Waals surface area contributed by atoms with E-state index in [0.29, 0.717) is 38.5 Å². The molecule has 0 bridgehead atoms. The Morgan fingerprint density at radius 2 is 2.00 bits per heavy atom. The zero-order valence-corrected chi connectivity index (χ0v) is 18.2. The van der Waals surface area contributed by atoms with Crippen LogP contribution in [0.15, 0.2) is 24.3 Å². The van der Waals surface area contributed by atoms with Crippen molar-refractivity contribution in [2.45, 2.75) is 65.0 Å². The molecule has 6 nitrogen and oxygen atoms in total. The van der Waals surface area contributed by atoms with E-state index in [1.807, 2.05) is 0 Å². The second-order valence-electron chi connectivity index (χ2n) is 9.07. The molecule has 30 heavy (non-hydrogen) atoms. The van der Waals surface area contributed by atoms with E-state index < -0.39 is 5.41 Å². The van der Waals surface area contributed by atoms with Gasteiger partial charge in [-0.3, -0.25) is 15.0 Å². The van der Waals surface area contributed by atoms with Gasteiger partial charge in [0.05, 0.1) is 12.0 Å². The minimum absolute atomic E-state index is 0.0289. The van der Waals surface area contributed by atoms with E-state index in [4.69, 9.17) is 4.74 Å². The molecule has 166 valence electrons. The number of hydrogen-bond donors (Lipinski definition) is 2. The highest BCUT2D eigenvalue weighted by Crippen LogP contribution is 2.36. The van der Waals surface area contributed by atoms with Crippen molar-refractivity contribution < 1.29 is 18.7 Å². The summed E-state index contributed by atoms with van der Waals surface area (Å²) in [5.74, 6) is 0.00343. The molecule has 1 amide bonds. The molecule has 2 aliphatic rings.